The lowest BCUT2D eigenvalue weighted by Crippen LogP contribution is -2.58. The standard InChI is InChI=1S/C18H21F2N5O2/c1-12-15-22-14(17(26)25-10-18(19,20)11-25)9-24(15)7-6-23(12)8-13-4-3-5-21-16(13)27-2/h3-5,9,12H,6-8,10-11H2,1-2H3. The Morgan fingerprint density at radius 3 is 2.85 bits per heavy atom. The molecule has 7 nitrogen and oxygen atoms in total. The van der Waals surface area contributed by atoms with Gasteiger partial charge in [0.2, 0.25) is 5.88 Å². The zero-order chi connectivity index (χ0) is 19.2. The number of alkyl halides is 2. The highest BCUT2D eigenvalue weighted by atomic mass is 19.3. The Balaban J connectivity index is 1.50. The first-order chi connectivity index (χ1) is 12.9. The molecule has 27 heavy (non-hydrogen) atoms. The van der Waals surface area contributed by atoms with Gasteiger partial charge in [-0.25, -0.2) is 18.7 Å². The van der Waals surface area contributed by atoms with Crippen molar-refractivity contribution in [2.24, 2.45) is 0 Å². The number of likely N-dealkylation sites (tertiary alicyclic amines) is 1. The van der Waals surface area contributed by atoms with Crippen molar-refractivity contribution in [3.8, 4) is 5.88 Å². The summed E-state index contributed by atoms with van der Waals surface area (Å²) in [5, 5.41) is 0. The van der Waals surface area contributed by atoms with Crippen molar-refractivity contribution in [3.63, 3.8) is 0 Å². The molecule has 0 aromatic carbocycles. The van der Waals surface area contributed by atoms with E-state index in [0.29, 0.717) is 19.0 Å². The summed E-state index contributed by atoms with van der Waals surface area (Å²) in [6.45, 7) is 3.06. The van der Waals surface area contributed by atoms with Crippen molar-refractivity contribution < 1.29 is 18.3 Å². The summed E-state index contributed by atoms with van der Waals surface area (Å²) in [4.78, 5) is 24.4. The molecule has 2 aliphatic heterocycles. The quantitative estimate of drug-likeness (QED) is 0.815. The third kappa shape index (κ3) is 3.27. The van der Waals surface area contributed by atoms with Gasteiger partial charge in [-0.05, 0) is 13.0 Å². The highest BCUT2D eigenvalue weighted by molar-refractivity contribution is 5.93. The third-order valence-electron chi connectivity index (χ3n) is 5.12. The summed E-state index contributed by atoms with van der Waals surface area (Å²) in [7, 11) is 1.59. The molecular weight excluding hydrogens is 356 g/mol. The number of ether oxygens (including phenoxy) is 1. The maximum atomic E-state index is 13.0. The highest BCUT2D eigenvalue weighted by Gasteiger charge is 2.47. The minimum atomic E-state index is -2.78. The summed E-state index contributed by atoms with van der Waals surface area (Å²) in [6, 6.07) is 3.81. The Morgan fingerprint density at radius 1 is 1.37 bits per heavy atom. The lowest BCUT2D eigenvalue weighted by molar-refractivity contribution is -0.113. The second-order valence-corrected chi connectivity index (χ2v) is 7.01. The highest BCUT2D eigenvalue weighted by Crippen LogP contribution is 2.30. The minimum Gasteiger partial charge on any atom is -0.481 e. The number of fused-ring (bicyclic) bond motifs is 1. The molecule has 1 fully saturated rings. The molecule has 1 unspecified atom stereocenters. The Kier molecular flexibility index (Phi) is 4.33. The van der Waals surface area contributed by atoms with Gasteiger partial charge in [0.1, 0.15) is 11.5 Å². The summed E-state index contributed by atoms with van der Waals surface area (Å²) < 4.78 is 33.3. The number of imidazole rings is 1. The number of carbonyl (C=O) groups excluding carboxylic acids is 1. The van der Waals surface area contributed by atoms with E-state index in [4.69, 9.17) is 4.74 Å². The van der Waals surface area contributed by atoms with Gasteiger partial charge in [-0.3, -0.25) is 9.69 Å². The van der Waals surface area contributed by atoms with E-state index in [-0.39, 0.29) is 11.7 Å². The third-order valence-corrected chi connectivity index (χ3v) is 5.12. The second-order valence-electron chi connectivity index (χ2n) is 7.01. The Labute approximate surface area is 155 Å². The summed E-state index contributed by atoms with van der Waals surface area (Å²) in [6.07, 6.45) is 3.36. The van der Waals surface area contributed by atoms with E-state index in [9.17, 15) is 13.6 Å². The van der Waals surface area contributed by atoms with Crippen LogP contribution in [0.1, 0.15) is 34.8 Å². The number of methoxy groups -OCH3 is 1. The van der Waals surface area contributed by atoms with E-state index in [1.807, 2.05) is 23.6 Å². The van der Waals surface area contributed by atoms with Crippen LogP contribution in [-0.4, -0.2) is 62.9 Å². The van der Waals surface area contributed by atoms with Gasteiger partial charge in [-0.15, -0.1) is 0 Å². The molecule has 9 heteroatoms. The normalized spacial score (nSPS) is 21.5. The lowest BCUT2D eigenvalue weighted by atomic mass is 10.1. The molecule has 0 bridgehead atoms. The number of amides is 1. The zero-order valence-electron chi connectivity index (χ0n) is 15.2. The monoisotopic (exact) mass is 377 g/mol. The SMILES string of the molecule is COc1ncccc1CN1CCn2cc(C(=O)N3CC(F)(F)C3)nc2C1C. The summed E-state index contributed by atoms with van der Waals surface area (Å²) in [5.41, 5.74) is 1.21. The number of pyridine rings is 1. The first kappa shape index (κ1) is 17.8. The van der Waals surface area contributed by atoms with Crippen LogP contribution in [0.3, 0.4) is 0 Å². The predicted molar refractivity (Wildman–Crippen MR) is 92.7 cm³/mol. The van der Waals surface area contributed by atoms with Crippen molar-refractivity contribution in [1.29, 1.82) is 0 Å². The number of halogens is 2. The van der Waals surface area contributed by atoms with Crippen molar-refractivity contribution in [3.05, 3.63) is 41.6 Å². The van der Waals surface area contributed by atoms with Crippen molar-refractivity contribution >= 4 is 5.91 Å². The Hall–Kier alpha value is -2.55. The van der Waals surface area contributed by atoms with Crippen LogP contribution in [0.2, 0.25) is 0 Å². The fraction of sp³-hybridized carbons (Fsp3) is 0.500. The molecule has 144 valence electrons. The molecule has 1 amide bonds. The molecule has 4 heterocycles. The van der Waals surface area contributed by atoms with E-state index in [1.165, 1.54) is 0 Å². The Bertz CT molecular complexity index is 861. The zero-order valence-corrected chi connectivity index (χ0v) is 15.2. The maximum Gasteiger partial charge on any atom is 0.282 e. The number of hydrogen-bond acceptors (Lipinski definition) is 5. The first-order valence-corrected chi connectivity index (χ1v) is 8.84. The molecule has 2 aromatic rings. The fourth-order valence-corrected chi connectivity index (χ4v) is 3.62. The predicted octanol–water partition coefficient (Wildman–Crippen LogP) is 1.95. The fourth-order valence-electron chi connectivity index (χ4n) is 3.62. The van der Waals surface area contributed by atoms with Crippen molar-refractivity contribution in [2.75, 3.05) is 26.7 Å². The average Bonchev–Trinajstić information content (AvgIpc) is 3.07. The van der Waals surface area contributed by atoms with Crippen molar-refractivity contribution in [2.45, 2.75) is 32.0 Å². The molecule has 0 saturated carbocycles. The van der Waals surface area contributed by atoms with Crippen LogP contribution in [0.25, 0.3) is 0 Å². The van der Waals surface area contributed by atoms with Gasteiger partial charge in [-0.1, -0.05) is 6.07 Å². The van der Waals surface area contributed by atoms with Gasteiger partial charge >= 0.3 is 0 Å². The topological polar surface area (TPSA) is 63.5 Å². The van der Waals surface area contributed by atoms with E-state index < -0.39 is 24.9 Å². The van der Waals surface area contributed by atoms with Crippen LogP contribution in [-0.2, 0) is 13.1 Å². The number of nitrogens with zero attached hydrogens (tertiary/aromatic N) is 5. The molecule has 0 aliphatic carbocycles. The van der Waals surface area contributed by atoms with E-state index in [1.54, 1.807) is 19.5 Å². The largest absolute Gasteiger partial charge is 0.481 e. The van der Waals surface area contributed by atoms with Crippen LogP contribution in [0.5, 0.6) is 5.88 Å². The second kappa shape index (κ2) is 6.56. The van der Waals surface area contributed by atoms with Gasteiger partial charge in [0.15, 0.2) is 0 Å². The van der Waals surface area contributed by atoms with E-state index in [0.717, 1.165) is 22.8 Å². The minimum absolute atomic E-state index is 0.0250. The lowest BCUT2D eigenvalue weighted by Gasteiger charge is -2.38. The van der Waals surface area contributed by atoms with Crippen LogP contribution < -0.4 is 4.74 Å². The number of rotatable bonds is 4. The van der Waals surface area contributed by atoms with Crippen LogP contribution >= 0.6 is 0 Å². The molecule has 2 aromatic heterocycles. The van der Waals surface area contributed by atoms with Crippen molar-refractivity contribution in [1.82, 2.24) is 24.3 Å². The smallest absolute Gasteiger partial charge is 0.282 e. The maximum absolute atomic E-state index is 13.0. The van der Waals surface area contributed by atoms with Gasteiger partial charge in [-0.2, -0.15) is 0 Å². The molecule has 1 saturated heterocycles. The van der Waals surface area contributed by atoms with Gasteiger partial charge < -0.3 is 14.2 Å². The molecule has 1 atom stereocenters. The molecule has 0 spiro atoms. The molecule has 2 aliphatic rings. The average molecular weight is 377 g/mol. The van der Waals surface area contributed by atoms with Gasteiger partial charge in [0.25, 0.3) is 11.8 Å². The van der Waals surface area contributed by atoms with Crippen LogP contribution in [0.15, 0.2) is 24.5 Å². The van der Waals surface area contributed by atoms with E-state index in [2.05, 4.69) is 14.9 Å². The van der Waals surface area contributed by atoms with Gasteiger partial charge in [0.05, 0.1) is 26.2 Å². The van der Waals surface area contributed by atoms with Crippen LogP contribution in [0.4, 0.5) is 8.78 Å². The van der Waals surface area contributed by atoms with Crippen LogP contribution in [0, 0.1) is 0 Å². The van der Waals surface area contributed by atoms with E-state index >= 15 is 0 Å². The molecular formula is C18H21F2N5O2. The summed E-state index contributed by atoms with van der Waals surface area (Å²) >= 11 is 0. The molecule has 0 N–H and O–H groups in total. The Morgan fingerprint density at radius 2 is 2.15 bits per heavy atom. The molecule has 0 radical (unpaired) electrons. The van der Waals surface area contributed by atoms with Gasteiger partial charge in [0, 0.05) is 37.6 Å². The first-order valence-electron chi connectivity index (χ1n) is 8.84. The number of hydrogen-bond donors (Lipinski definition) is 0. The molecule has 4 rings (SSSR count). The number of carbonyl (C=O) groups is 1. The summed E-state index contributed by atoms with van der Waals surface area (Å²) in [5.74, 6) is -1.86. The number of aromatic nitrogens is 3.